The van der Waals surface area contributed by atoms with Crippen molar-refractivity contribution in [1.29, 1.82) is 0 Å². The standard InChI is InChI=1S/C34H22F2N10O6/c35-21-13-19-25(39-31(51-33(19)47)23-3-5-29(43-41-23)45-9-7-37-17-45)15-27(21)49-11-1-2-12-50-28-16-26-20(14-22(28)36)34(48)52-32(40-26)24-4-6-30(44-42-24)46-10-8-38-18-46/h3-10,13-18H,1-2,11-12H2. The molecule has 0 aliphatic rings. The monoisotopic (exact) mass is 704 g/mol. The smallest absolute Gasteiger partial charge is 0.347 e. The van der Waals surface area contributed by atoms with Gasteiger partial charge in [0.05, 0.1) is 35.0 Å². The predicted molar refractivity (Wildman–Crippen MR) is 177 cm³/mol. The molecule has 0 atom stereocenters. The lowest BCUT2D eigenvalue weighted by molar-refractivity contribution is 0.255. The Bertz CT molecular complexity index is 2460. The summed E-state index contributed by atoms with van der Waals surface area (Å²) in [5.74, 6) is -0.998. The number of unbranched alkanes of at least 4 members (excludes halogenated alkanes) is 1. The third-order valence-corrected chi connectivity index (χ3v) is 7.69. The highest BCUT2D eigenvalue weighted by Crippen LogP contribution is 2.26. The molecule has 0 spiro atoms. The molecular formula is C34H22F2N10O6. The first-order chi connectivity index (χ1) is 25.4. The number of halogens is 2. The van der Waals surface area contributed by atoms with Crippen molar-refractivity contribution in [2.24, 2.45) is 0 Å². The van der Waals surface area contributed by atoms with Crippen molar-refractivity contribution >= 4 is 21.8 Å². The van der Waals surface area contributed by atoms with Crippen molar-refractivity contribution in [3.8, 4) is 46.3 Å². The number of aromatic nitrogens is 10. The van der Waals surface area contributed by atoms with Crippen LogP contribution in [0.4, 0.5) is 8.78 Å². The highest BCUT2D eigenvalue weighted by molar-refractivity contribution is 5.81. The van der Waals surface area contributed by atoms with Crippen LogP contribution in [-0.4, -0.2) is 62.7 Å². The third kappa shape index (κ3) is 6.42. The van der Waals surface area contributed by atoms with E-state index >= 15 is 0 Å². The molecule has 8 aromatic rings. The molecule has 0 saturated carbocycles. The van der Waals surface area contributed by atoms with E-state index in [4.69, 9.17) is 18.3 Å². The Morgan fingerprint density at radius 1 is 0.615 bits per heavy atom. The Hall–Kier alpha value is -7.24. The molecule has 0 bridgehead atoms. The minimum absolute atomic E-state index is 0.0711. The normalized spacial score (nSPS) is 11.3. The second-order valence-corrected chi connectivity index (χ2v) is 11.1. The number of benzene rings is 2. The fourth-order valence-corrected chi connectivity index (χ4v) is 5.10. The molecule has 0 radical (unpaired) electrons. The summed E-state index contributed by atoms with van der Waals surface area (Å²) >= 11 is 0. The van der Waals surface area contributed by atoms with E-state index in [1.807, 2.05) is 0 Å². The number of hydrogen-bond acceptors (Lipinski definition) is 14. The number of rotatable bonds is 11. The van der Waals surface area contributed by atoms with E-state index in [2.05, 4.69) is 40.3 Å². The van der Waals surface area contributed by atoms with Gasteiger partial charge in [-0.3, -0.25) is 9.13 Å². The van der Waals surface area contributed by atoms with Crippen LogP contribution < -0.4 is 20.7 Å². The van der Waals surface area contributed by atoms with Gasteiger partial charge < -0.3 is 18.3 Å². The van der Waals surface area contributed by atoms with Gasteiger partial charge in [0.2, 0.25) is 0 Å². The molecular weight excluding hydrogens is 682 g/mol. The van der Waals surface area contributed by atoms with E-state index in [1.54, 1.807) is 70.8 Å². The van der Waals surface area contributed by atoms with E-state index in [9.17, 15) is 18.4 Å². The lowest BCUT2D eigenvalue weighted by Crippen LogP contribution is -2.08. The van der Waals surface area contributed by atoms with Crippen LogP contribution in [0.3, 0.4) is 0 Å². The van der Waals surface area contributed by atoms with Crippen molar-refractivity contribution in [2.75, 3.05) is 13.2 Å². The van der Waals surface area contributed by atoms with Gasteiger partial charge in [0.1, 0.15) is 24.0 Å². The molecule has 52 heavy (non-hydrogen) atoms. The maximum Gasteiger partial charge on any atom is 0.347 e. The largest absolute Gasteiger partial charge is 0.490 e. The summed E-state index contributed by atoms with van der Waals surface area (Å²) in [6.45, 7) is 0.155. The summed E-state index contributed by atoms with van der Waals surface area (Å²) < 4.78 is 54.8. The Labute approximate surface area is 289 Å². The molecule has 0 unspecified atom stereocenters. The van der Waals surface area contributed by atoms with Crippen LogP contribution in [0.25, 0.3) is 56.6 Å². The molecule has 0 N–H and O–H groups in total. The van der Waals surface area contributed by atoms with Crippen LogP contribution in [0.2, 0.25) is 0 Å². The van der Waals surface area contributed by atoms with Crippen molar-refractivity contribution in [1.82, 2.24) is 49.5 Å². The molecule has 8 rings (SSSR count). The predicted octanol–water partition coefficient (Wildman–Crippen LogP) is 4.49. The Balaban J connectivity index is 0.901. The number of fused-ring (bicyclic) bond motifs is 2. The zero-order chi connectivity index (χ0) is 35.6. The van der Waals surface area contributed by atoms with Crippen LogP contribution >= 0.6 is 0 Å². The molecule has 6 aromatic heterocycles. The quantitative estimate of drug-likeness (QED) is 0.171. The molecule has 0 aliphatic carbocycles. The van der Waals surface area contributed by atoms with Crippen LogP contribution in [0.1, 0.15) is 12.8 Å². The van der Waals surface area contributed by atoms with E-state index < -0.39 is 22.9 Å². The summed E-state index contributed by atoms with van der Waals surface area (Å²) in [7, 11) is 0. The first-order valence-electron chi connectivity index (χ1n) is 15.6. The minimum atomic E-state index is -0.801. The first kappa shape index (κ1) is 32.0. The summed E-state index contributed by atoms with van der Waals surface area (Å²) in [5.41, 5.74) is -0.924. The van der Waals surface area contributed by atoms with Gasteiger partial charge in [0, 0.05) is 36.9 Å². The lowest BCUT2D eigenvalue weighted by atomic mass is 10.2. The number of ether oxygens (including phenoxy) is 2. The second kappa shape index (κ2) is 13.6. The van der Waals surface area contributed by atoms with Crippen LogP contribution in [0.5, 0.6) is 11.5 Å². The minimum Gasteiger partial charge on any atom is -0.490 e. The summed E-state index contributed by atoms with van der Waals surface area (Å²) in [6.07, 6.45) is 10.5. The van der Waals surface area contributed by atoms with Gasteiger partial charge in [-0.15, -0.1) is 20.4 Å². The Kier molecular flexibility index (Phi) is 8.35. The van der Waals surface area contributed by atoms with E-state index in [0.717, 1.165) is 12.1 Å². The van der Waals surface area contributed by atoms with Crippen LogP contribution in [0.15, 0.2) is 104 Å². The van der Waals surface area contributed by atoms with Gasteiger partial charge in [-0.05, 0) is 49.2 Å². The molecule has 0 saturated heterocycles. The first-order valence-corrected chi connectivity index (χ1v) is 15.6. The van der Waals surface area contributed by atoms with Gasteiger partial charge in [-0.25, -0.2) is 38.3 Å². The topological polar surface area (TPSA) is 192 Å². The van der Waals surface area contributed by atoms with Crippen molar-refractivity contribution in [3.05, 3.63) is 118 Å². The van der Waals surface area contributed by atoms with E-state index in [-0.39, 0.29) is 69.7 Å². The molecule has 18 heteroatoms. The van der Waals surface area contributed by atoms with Gasteiger partial charge >= 0.3 is 11.3 Å². The highest BCUT2D eigenvalue weighted by atomic mass is 19.1. The van der Waals surface area contributed by atoms with Crippen LogP contribution in [-0.2, 0) is 0 Å². The van der Waals surface area contributed by atoms with Crippen molar-refractivity contribution < 1.29 is 27.1 Å². The Morgan fingerprint density at radius 2 is 1.08 bits per heavy atom. The third-order valence-electron chi connectivity index (χ3n) is 7.69. The molecule has 16 nitrogen and oxygen atoms in total. The average molecular weight is 705 g/mol. The molecule has 2 aromatic carbocycles. The number of imidazole rings is 2. The molecule has 0 fully saturated rings. The van der Waals surface area contributed by atoms with Gasteiger partial charge in [-0.1, -0.05) is 0 Å². The zero-order valence-corrected chi connectivity index (χ0v) is 26.6. The molecule has 258 valence electrons. The fraction of sp³-hybridized carbons (Fsp3) is 0.118. The lowest BCUT2D eigenvalue weighted by Gasteiger charge is -2.10. The van der Waals surface area contributed by atoms with Gasteiger partial charge in [0.15, 0.2) is 34.8 Å². The van der Waals surface area contributed by atoms with E-state index in [1.165, 1.54) is 12.1 Å². The summed E-state index contributed by atoms with van der Waals surface area (Å²) in [6, 6.07) is 11.1. The molecule has 0 aliphatic heterocycles. The van der Waals surface area contributed by atoms with Gasteiger partial charge in [0.25, 0.3) is 11.8 Å². The highest BCUT2D eigenvalue weighted by Gasteiger charge is 2.17. The Morgan fingerprint density at radius 3 is 1.46 bits per heavy atom. The number of hydrogen-bond donors (Lipinski definition) is 0. The summed E-state index contributed by atoms with van der Waals surface area (Å²) in [4.78, 5) is 41.9. The average Bonchev–Trinajstić information content (AvgIpc) is 3.90. The SMILES string of the molecule is O=c1oc(-c2ccc(-n3ccnc3)nn2)nc2cc(OCCCCOc3cc4nc(-c5ccc(-n6ccnc6)nn5)oc(=O)c4cc3F)c(F)cc12. The number of nitrogens with zero attached hydrogens (tertiary/aromatic N) is 10. The van der Waals surface area contributed by atoms with Crippen molar-refractivity contribution in [2.45, 2.75) is 12.8 Å². The molecule has 0 amide bonds. The maximum atomic E-state index is 14.8. The van der Waals surface area contributed by atoms with Gasteiger partial charge in [-0.2, -0.15) is 0 Å². The molecule has 6 heterocycles. The zero-order valence-electron chi connectivity index (χ0n) is 26.6. The van der Waals surface area contributed by atoms with Crippen LogP contribution in [0, 0.1) is 11.6 Å². The summed E-state index contributed by atoms with van der Waals surface area (Å²) in [5, 5.41) is 16.2. The van der Waals surface area contributed by atoms with E-state index in [0.29, 0.717) is 24.5 Å². The fourth-order valence-electron chi connectivity index (χ4n) is 5.10. The van der Waals surface area contributed by atoms with Crippen molar-refractivity contribution in [3.63, 3.8) is 0 Å². The maximum absolute atomic E-state index is 14.8. The second-order valence-electron chi connectivity index (χ2n) is 11.1.